The van der Waals surface area contributed by atoms with Gasteiger partial charge in [-0.25, -0.2) is 15.0 Å². The summed E-state index contributed by atoms with van der Waals surface area (Å²) in [4.78, 5) is 19.5. The quantitative estimate of drug-likeness (QED) is 0.274. The molecule has 1 unspecified atom stereocenters. The fraction of sp³-hybridized carbons (Fsp3) is 0.357. The van der Waals surface area contributed by atoms with Gasteiger partial charge in [0.1, 0.15) is 24.6 Å². The molecule has 1 fully saturated rings. The number of hydrogen-bond acceptors (Lipinski definition) is 8. The Morgan fingerprint density at radius 1 is 1.20 bits per heavy atom. The number of nitrogens with two attached hydrogens (primary N) is 1. The number of anilines is 3. The van der Waals surface area contributed by atoms with Gasteiger partial charge in [-0.05, 0) is 61.9 Å². The van der Waals surface area contributed by atoms with E-state index >= 15 is 0 Å². The van der Waals surface area contributed by atoms with Crippen LogP contribution in [0, 0.1) is 12.8 Å². The summed E-state index contributed by atoms with van der Waals surface area (Å²) in [5, 5.41) is 3.97. The van der Waals surface area contributed by atoms with Crippen molar-refractivity contribution in [3.05, 3.63) is 58.6 Å². The SMILES string of the molecule is Cc1cc(N)nc(-c2cc3ncnc4c3c(c2Cl)OCCN4C(C)c2cncc(NCC3CC3)c2)c1C(F)(F)F. The molecule has 1 aromatic carbocycles. The van der Waals surface area contributed by atoms with Gasteiger partial charge in [-0.1, -0.05) is 11.6 Å². The molecule has 40 heavy (non-hydrogen) atoms. The second-order valence-electron chi connectivity index (χ2n) is 10.3. The van der Waals surface area contributed by atoms with Gasteiger partial charge >= 0.3 is 6.18 Å². The van der Waals surface area contributed by atoms with Gasteiger partial charge in [-0.2, -0.15) is 13.2 Å². The van der Waals surface area contributed by atoms with E-state index in [0.29, 0.717) is 23.3 Å². The van der Waals surface area contributed by atoms with Crippen molar-refractivity contribution in [3.63, 3.8) is 0 Å². The van der Waals surface area contributed by atoms with Crippen LogP contribution in [0.15, 0.2) is 36.9 Å². The fourth-order valence-corrected chi connectivity index (χ4v) is 5.49. The minimum Gasteiger partial charge on any atom is -0.489 e. The molecule has 0 bridgehead atoms. The average Bonchev–Trinajstić information content (AvgIpc) is 3.75. The van der Waals surface area contributed by atoms with Crippen LogP contribution in [0.5, 0.6) is 5.75 Å². The number of nitrogens with zero attached hydrogens (tertiary/aromatic N) is 5. The summed E-state index contributed by atoms with van der Waals surface area (Å²) in [6, 6.07) is 4.62. The molecule has 1 aliphatic heterocycles. The van der Waals surface area contributed by atoms with Crippen LogP contribution in [-0.2, 0) is 6.18 Å². The topological polar surface area (TPSA) is 102 Å². The van der Waals surface area contributed by atoms with Gasteiger partial charge in [-0.3, -0.25) is 4.98 Å². The molecule has 8 nitrogen and oxygen atoms in total. The summed E-state index contributed by atoms with van der Waals surface area (Å²) in [5.74, 6) is 1.47. The maximum absolute atomic E-state index is 14.1. The number of halogens is 4. The molecule has 0 radical (unpaired) electrons. The second kappa shape index (κ2) is 9.96. The lowest BCUT2D eigenvalue weighted by Gasteiger charge is -2.29. The second-order valence-corrected chi connectivity index (χ2v) is 10.7. The number of pyridine rings is 2. The molecule has 3 aromatic heterocycles. The molecule has 3 N–H and O–H groups in total. The molecule has 4 aromatic rings. The molecule has 1 aliphatic carbocycles. The van der Waals surface area contributed by atoms with Crippen LogP contribution in [0.1, 0.15) is 42.5 Å². The third-order valence-electron chi connectivity index (χ3n) is 7.43. The van der Waals surface area contributed by atoms with Gasteiger partial charge in [0.2, 0.25) is 0 Å². The van der Waals surface area contributed by atoms with Crippen LogP contribution in [0.2, 0.25) is 5.02 Å². The minimum absolute atomic E-state index is 0.00556. The highest BCUT2D eigenvalue weighted by molar-refractivity contribution is 6.36. The van der Waals surface area contributed by atoms with Crippen LogP contribution in [0.3, 0.4) is 0 Å². The lowest BCUT2D eigenvalue weighted by atomic mass is 9.99. The average molecular weight is 570 g/mol. The first-order valence-electron chi connectivity index (χ1n) is 13.0. The number of nitrogens with one attached hydrogen (secondary N) is 1. The number of rotatable bonds is 6. The van der Waals surface area contributed by atoms with Crippen molar-refractivity contribution in [2.75, 3.05) is 35.6 Å². The van der Waals surface area contributed by atoms with Crippen LogP contribution in [-0.4, -0.2) is 39.6 Å². The van der Waals surface area contributed by atoms with Crippen molar-refractivity contribution < 1.29 is 17.9 Å². The summed E-state index contributed by atoms with van der Waals surface area (Å²) >= 11 is 6.79. The Bertz CT molecular complexity index is 1610. The van der Waals surface area contributed by atoms with E-state index in [4.69, 9.17) is 22.1 Å². The highest BCUT2D eigenvalue weighted by Crippen LogP contribution is 2.48. The first-order valence-corrected chi connectivity index (χ1v) is 13.4. The number of ether oxygens (including phenoxy) is 1. The van der Waals surface area contributed by atoms with Gasteiger partial charge in [-0.15, -0.1) is 0 Å². The van der Waals surface area contributed by atoms with Crippen LogP contribution in [0.25, 0.3) is 22.2 Å². The van der Waals surface area contributed by atoms with Gasteiger partial charge in [0.25, 0.3) is 0 Å². The maximum atomic E-state index is 14.1. The van der Waals surface area contributed by atoms with E-state index in [1.807, 2.05) is 19.3 Å². The van der Waals surface area contributed by atoms with E-state index in [1.54, 1.807) is 0 Å². The molecule has 0 saturated heterocycles. The largest absolute Gasteiger partial charge is 0.489 e. The Morgan fingerprint density at radius 3 is 2.75 bits per heavy atom. The smallest absolute Gasteiger partial charge is 0.418 e. The van der Waals surface area contributed by atoms with E-state index in [1.165, 1.54) is 38.2 Å². The normalized spacial score (nSPS) is 16.0. The standard InChI is InChI=1S/C28H27ClF3N7O/c1-14-7-21(33)38-25(23(14)28(30,31)32)19-9-20-22-26(24(19)29)40-6-5-39(27(22)37-13-36-20)15(2)17-8-18(12-34-11-17)35-10-16-3-4-16/h7-9,11-13,15-16,35H,3-6,10H2,1-2H3,(H2,33,38). The molecule has 0 amide bonds. The van der Waals surface area contributed by atoms with Crippen LogP contribution >= 0.6 is 11.6 Å². The van der Waals surface area contributed by atoms with Crippen molar-refractivity contribution >= 4 is 39.8 Å². The predicted octanol–water partition coefficient (Wildman–Crippen LogP) is 6.43. The monoisotopic (exact) mass is 569 g/mol. The highest BCUT2D eigenvalue weighted by atomic mass is 35.5. The summed E-state index contributed by atoms with van der Waals surface area (Å²) in [7, 11) is 0. The van der Waals surface area contributed by atoms with Crippen molar-refractivity contribution in [1.82, 2.24) is 19.9 Å². The lowest BCUT2D eigenvalue weighted by Crippen LogP contribution is -2.31. The Balaban J connectivity index is 1.45. The van der Waals surface area contributed by atoms with Gasteiger partial charge < -0.3 is 20.7 Å². The highest BCUT2D eigenvalue weighted by Gasteiger charge is 2.38. The van der Waals surface area contributed by atoms with E-state index in [9.17, 15) is 13.2 Å². The zero-order chi connectivity index (χ0) is 28.2. The fourth-order valence-electron chi connectivity index (χ4n) is 5.20. The van der Waals surface area contributed by atoms with E-state index in [2.05, 4.69) is 36.2 Å². The van der Waals surface area contributed by atoms with Gasteiger partial charge in [0, 0.05) is 24.5 Å². The summed E-state index contributed by atoms with van der Waals surface area (Å²) in [5.41, 5.74) is 6.89. The molecule has 12 heteroatoms. The molecule has 0 spiro atoms. The van der Waals surface area contributed by atoms with Crippen molar-refractivity contribution in [3.8, 4) is 17.0 Å². The van der Waals surface area contributed by atoms with Crippen molar-refractivity contribution in [2.24, 2.45) is 5.92 Å². The molecule has 1 saturated carbocycles. The predicted molar refractivity (Wildman–Crippen MR) is 149 cm³/mol. The lowest BCUT2D eigenvalue weighted by molar-refractivity contribution is -0.137. The van der Waals surface area contributed by atoms with Crippen molar-refractivity contribution in [2.45, 2.75) is 38.9 Å². The molecule has 4 heterocycles. The molecule has 2 aliphatic rings. The Kier molecular flexibility index (Phi) is 6.56. The third kappa shape index (κ3) is 4.83. The van der Waals surface area contributed by atoms with Gasteiger partial charge in [0.15, 0.2) is 5.75 Å². The summed E-state index contributed by atoms with van der Waals surface area (Å²) in [6.45, 7) is 5.00. The van der Waals surface area contributed by atoms with Gasteiger partial charge in [0.05, 0.1) is 45.5 Å². The van der Waals surface area contributed by atoms with E-state index in [-0.39, 0.29) is 46.1 Å². The number of alkyl halides is 3. The zero-order valence-corrected chi connectivity index (χ0v) is 22.6. The number of hydrogen-bond donors (Lipinski definition) is 2. The van der Waals surface area contributed by atoms with E-state index < -0.39 is 11.7 Å². The van der Waals surface area contributed by atoms with Crippen LogP contribution < -0.4 is 20.7 Å². The number of aryl methyl sites for hydroxylation is 1. The zero-order valence-electron chi connectivity index (χ0n) is 21.9. The summed E-state index contributed by atoms with van der Waals surface area (Å²) < 4.78 is 48.4. The Hall–Kier alpha value is -3.86. The molecule has 208 valence electrons. The summed E-state index contributed by atoms with van der Waals surface area (Å²) in [6.07, 6.45) is 2.85. The number of benzene rings is 1. The first-order chi connectivity index (χ1) is 19.1. The minimum atomic E-state index is -4.67. The molecular weight excluding hydrogens is 543 g/mol. The Morgan fingerprint density at radius 2 is 2.00 bits per heavy atom. The molecule has 6 rings (SSSR count). The Labute approximate surface area is 233 Å². The van der Waals surface area contributed by atoms with Crippen molar-refractivity contribution in [1.29, 1.82) is 0 Å². The van der Waals surface area contributed by atoms with E-state index in [0.717, 1.165) is 23.7 Å². The third-order valence-corrected chi connectivity index (χ3v) is 7.80. The maximum Gasteiger partial charge on any atom is 0.418 e. The molecular formula is C28H27ClF3N7O. The number of aromatic nitrogens is 4. The first kappa shape index (κ1) is 26.4. The van der Waals surface area contributed by atoms with Crippen LogP contribution in [0.4, 0.5) is 30.5 Å². The molecule has 1 atom stereocenters. The number of nitrogen functional groups attached to an aromatic ring is 1.